The van der Waals surface area contributed by atoms with Crippen molar-refractivity contribution in [1.82, 2.24) is 4.98 Å². The number of benzene rings is 1. The summed E-state index contributed by atoms with van der Waals surface area (Å²) in [7, 11) is 0. The second-order valence-electron chi connectivity index (χ2n) is 3.69. The van der Waals surface area contributed by atoms with E-state index in [1.165, 1.54) is 0 Å². The Morgan fingerprint density at radius 2 is 1.79 bits per heavy atom. The van der Waals surface area contributed by atoms with Crippen molar-refractivity contribution >= 4 is 29.0 Å². The second-order valence-corrected chi connectivity index (χ2v) is 4.50. The summed E-state index contributed by atoms with van der Waals surface area (Å²) in [6.07, 6.45) is 3.26. The van der Waals surface area contributed by atoms with Gasteiger partial charge in [0.2, 0.25) is 0 Å². The number of oxime groups is 1. The fourth-order valence-corrected chi connectivity index (χ4v) is 1.92. The Hall–Kier alpha value is -1.78. The summed E-state index contributed by atoms with van der Waals surface area (Å²) >= 11 is 12.0. The molecule has 0 amide bonds. The number of hydrogen-bond donors (Lipinski definition) is 1. The van der Waals surface area contributed by atoms with Crippen LogP contribution in [0.2, 0.25) is 10.0 Å². The van der Waals surface area contributed by atoms with Crippen molar-refractivity contribution in [3.8, 4) is 0 Å². The Bertz CT molecular complexity index is 567. The second kappa shape index (κ2) is 6.41. The third kappa shape index (κ3) is 3.59. The molecule has 0 fully saturated rings. The normalized spacial score (nSPS) is 11.4. The van der Waals surface area contributed by atoms with E-state index in [0.29, 0.717) is 15.6 Å². The van der Waals surface area contributed by atoms with Crippen molar-refractivity contribution in [1.29, 1.82) is 0 Å². The molecule has 0 saturated carbocycles. The van der Waals surface area contributed by atoms with Gasteiger partial charge in [-0.25, -0.2) is 0 Å². The standard InChI is InChI=1S/C13H11Cl2N3O/c14-11-2-1-3-12(15)10(11)8-19-18-13(16)9-4-6-17-7-5-9/h1-7H,8H2,(H2,16,18). The number of aromatic nitrogens is 1. The molecule has 2 aromatic rings. The largest absolute Gasteiger partial charge is 0.389 e. The maximum absolute atomic E-state index is 6.01. The lowest BCUT2D eigenvalue weighted by molar-refractivity contribution is 0.130. The molecule has 0 bridgehead atoms. The van der Waals surface area contributed by atoms with E-state index in [0.717, 1.165) is 5.56 Å². The first-order valence-electron chi connectivity index (χ1n) is 5.47. The van der Waals surface area contributed by atoms with Crippen LogP contribution in [0.4, 0.5) is 0 Å². The van der Waals surface area contributed by atoms with Crippen LogP contribution in [0.1, 0.15) is 11.1 Å². The third-order valence-electron chi connectivity index (χ3n) is 2.41. The highest BCUT2D eigenvalue weighted by Crippen LogP contribution is 2.24. The molecule has 1 aromatic heterocycles. The Morgan fingerprint density at radius 1 is 1.16 bits per heavy atom. The van der Waals surface area contributed by atoms with Gasteiger partial charge in [-0.2, -0.15) is 0 Å². The van der Waals surface area contributed by atoms with Crippen LogP contribution in [0.5, 0.6) is 0 Å². The van der Waals surface area contributed by atoms with E-state index in [1.54, 1.807) is 42.7 Å². The first kappa shape index (κ1) is 13.6. The average Bonchev–Trinajstić information content (AvgIpc) is 2.43. The third-order valence-corrected chi connectivity index (χ3v) is 3.12. The van der Waals surface area contributed by atoms with Gasteiger partial charge < -0.3 is 10.6 Å². The van der Waals surface area contributed by atoms with Crippen LogP contribution < -0.4 is 5.73 Å². The van der Waals surface area contributed by atoms with E-state index < -0.39 is 0 Å². The fraction of sp³-hybridized carbons (Fsp3) is 0.0769. The molecule has 19 heavy (non-hydrogen) atoms. The molecule has 0 saturated heterocycles. The summed E-state index contributed by atoms with van der Waals surface area (Å²) in [6.45, 7) is 0.157. The van der Waals surface area contributed by atoms with E-state index in [2.05, 4.69) is 10.1 Å². The molecule has 2 rings (SSSR count). The summed E-state index contributed by atoms with van der Waals surface area (Å²) in [5, 5.41) is 4.89. The summed E-state index contributed by atoms with van der Waals surface area (Å²) < 4.78 is 0. The minimum atomic E-state index is 0.157. The molecule has 2 N–H and O–H groups in total. The van der Waals surface area contributed by atoms with Crippen molar-refractivity contribution in [2.45, 2.75) is 6.61 Å². The summed E-state index contributed by atoms with van der Waals surface area (Å²) in [5.41, 5.74) is 7.18. The number of nitrogens with two attached hydrogens (primary N) is 1. The Labute approximate surface area is 120 Å². The predicted octanol–water partition coefficient (Wildman–Crippen LogP) is 3.23. The first-order valence-corrected chi connectivity index (χ1v) is 6.23. The van der Waals surface area contributed by atoms with Crippen LogP contribution in [-0.2, 0) is 11.4 Å². The van der Waals surface area contributed by atoms with E-state index in [1.807, 2.05) is 0 Å². The quantitative estimate of drug-likeness (QED) is 0.535. The van der Waals surface area contributed by atoms with Crippen molar-refractivity contribution < 1.29 is 4.84 Å². The summed E-state index contributed by atoms with van der Waals surface area (Å²) in [5.74, 6) is 0.269. The maximum atomic E-state index is 6.01. The van der Waals surface area contributed by atoms with Gasteiger partial charge in [-0.1, -0.05) is 34.4 Å². The molecule has 4 nitrogen and oxygen atoms in total. The molecule has 0 aliphatic carbocycles. The van der Waals surface area contributed by atoms with Gasteiger partial charge in [-0.05, 0) is 24.3 Å². The van der Waals surface area contributed by atoms with Crippen LogP contribution in [0.15, 0.2) is 47.9 Å². The molecule has 0 spiro atoms. The monoisotopic (exact) mass is 295 g/mol. The topological polar surface area (TPSA) is 60.5 Å². The Morgan fingerprint density at radius 3 is 2.42 bits per heavy atom. The average molecular weight is 296 g/mol. The van der Waals surface area contributed by atoms with Crippen LogP contribution in [0.25, 0.3) is 0 Å². The highest BCUT2D eigenvalue weighted by Gasteiger charge is 2.06. The molecule has 0 aliphatic heterocycles. The summed E-state index contributed by atoms with van der Waals surface area (Å²) in [4.78, 5) is 9.06. The predicted molar refractivity (Wildman–Crippen MR) is 76.2 cm³/mol. The number of rotatable bonds is 4. The number of amidine groups is 1. The lowest BCUT2D eigenvalue weighted by Crippen LogP contribution is -2.13. The fourth-order valence-electron chi connectivity index (χ4n) is 1.41. The van der Waals surface area contributed by atoms with Crippen molar-refractivity contribution in [3.05, 3.63) is 63.9 Å². The molecular weight excluding hydrogens is 285 g/mol. The highest BCUT2D eigenvalue weighted by molar-refractivity contribution is 6.35. The van der Waals surface area contributed by atoms with Crippen molar-refractivity contribution in [2.24, 2.45) is 10.9 Å². The minimum Gasteiger partial charge on any atom is -0.389 e. The van der Waals surface area contributed by atoms with Gasteiger partial charge in [0.05, 0.1) is 0 Å². The molecule has 6 heteroatoms. The lowest BCUT2D eigenvalue weighted by atomic mass is 10.2. The maximum Gasteiger partial charge on any atom is 0.170 e. The molecular formula is C13H11Cl2N3O. The molecule has 98 valence electrons. The van der Waals surface area contributed by atoms with Crippen LogP contribution in [0.3, 0.4) is 0 Å². The number of pyridine rings is 1. The van der Waals surface area contributed by atoms with Gasteiger partial charge in [0.25, 0.3) is 0 Å². The number of nitrogens with zero attached hydrogens (tertiary/aromatic N) is 2. The first-order chi connectivity index (χ1) is 9.18. The van der Waals surface area contributed by atoms with Gasteiger partial charge in [-0.3, -0.25) is 4.98 Å². The molecule has 0 atom stereocenters. The van der Waals surface area contributed by atoms with Gasteiger partial charge in [-0.15, -0.1) is 0 Å². The zero-order chi connectivity index (χ0) is 13.7. The van der Waals surface area contributed by atoms with Crippen LogP contribution in [-0.4, -0.2) is 10.8 Å². The smallest absolute Gasteiger partial charge is 0.170 e. The van der Waals surface area contributed by atoms with Gasteiger partial charge in [0, 0.05) is 33.6 Å². The molecule has 0 radical (unpaired) electrons. The van der Waals surface area contributed by atoms with Crippen LogP contribution in [0, 0.1) is 0 Å². The van der Waals surface area contributed by atoms with Crippen LogP contribution >= 0.6 is 23.2 Å². The Kier molecular flexibility index (Phi) is 4.60. The Balaban J connectivity index is 2.04. The molecule has 1 aromatic carbocycles. The van der Waals surface area contributed by atoms with Gasteiger partial charge >= 0.3 is 0 Å². The number of halogens is 2. The highest BCUT2D eigenvalue weighted by atomic mass is 35.5. The van der Waals surface area contributed by atoms with E-state index in [-0.39, 0.29) is 12.4 Å². The van der Waals surface area contributed by atoms with Crippen molar-refractivity contribution in [3.63, 3.8) is 0 Å². The zero-order valence-corrected chi connectivity index (χ0v) is 11.4. The van der Waals surface area contributed by atoms with Gasteiger partial charge in [0.15, 0.2) is 5.84 Å². The molecule has 0 unspecified atom stereocenters. The molecule has 1 heterocycles. The van der Waals surface area contributed by atoms with E-state index in [4.69, 9.17) is 33.8 Å². The van der Waals surface area contributed by atoms with E-state index >= 15 is 0 Å². The van der Waals surface area contributed by atoms with E-state index in [9.17, 15) is 0 Å². The molecule has 0 aliphatic rings. The minimum absolute atomic E-state index is 0.157. The zero-order valence-electron chi connectivity index (χ0n) is 9.88. The lowest BCUT2D eigenvalue weighted by Gasteiger charge is -2.06. The number of hydrogen-bond acceptors (Lipinski definition) is 3. The van der Waals surface area contributed by atoms with Gasteiger partial charge in [0.1, 0.15) is 6.61 Å². The SMILES string of the molecule is N/C(=N/OCc1c(Cl)cccc1Cl)c1ccncc1. The summed E-state index contributed by atoms with van der Waals surface area (Å²) in [6, 6.07) is 8.72. The van der Waals surface area contributed by atoms with Crippen molar-refractivity contribution in [2.75, 3.05) is 0 Å².